The quantitative estimate of drug-likeness (QED) is 0.509. The van der Waals surface area contributed by atoms with E-state index in [-0.39, 0.29) is 0 Å². The third kappa shape index (κ3) is 4.83. The molecule has 2 aliphatic rings. The van der Waals surface area contributed by atoms with Gasteiger partial charge in [-0.2, -0.15) is 0 Å². The molecule has 2 unspecified atom stereocenters. The second-order valence-corrected chi connectivity index (χ2v) is 11.1. The number of carbonyl (C=O) groups is 1. The zero-order valence-corrected chi connectivity index (χ0v) is 21.7. The van der Waals surface area contributed by atoms with Crippen LogP contribution in [0.3, 0.4) is 0 Å². The van der Waals surface area contributed by atoms with Crippen molar-refractivity contribution in [2.24, 2.45) is 0 Å². The standard InChI is InChI=1S/C29H33N3O3S/c1-21-13-14-27-28(22(21)2)32(24-11-6-7-12-26(24)36(27)35)16-8-15-30-17-18-31(25(20-30)29(33)34)19-23-9-4-3-5-10-23/h3-7,9-14,25H,8,15-20H2,1-2H3,(H,33,34). The number of carboxylic acids is 1. The molecule has 3 aromatic rings. The van der Waals surface area contributed by atoms with Crippen LogP contribution in [0.1, 0.15) is 23.1 Å². The smallest absolute Gasteiger partial charge is 0.322 e. The van der Waals surface area contributed by atoms with Crippen LogP contribution in [0.2, 0.25) is 0 Å². The average molecular weight is 504 g/mol. The molecule has 3 aromatic carbocycles. The van der Waals surface area contributed by atoms with E-state index in [1.807, 2.05) is 42.5 Å². The minimum Gasteiger partial charge on any atom is -0.480 e. The number of aryl methyl sites for hydroxylation is 1. The van der Waals surface area contributed by atoms with E-state index in [4.69, 9.17) is 0 Å². The van der Waals surface area contributed by atoms with Crippen molar-refractivity contribution in [3.05, 3.63) is 83.4 Å². The summed E-state index contributed by atoms with van der Waals surface area (Å²) in [4.78, 5) is 20.5. The number of anilines is 2. The Kier molecular flexibility index (Phi) is 7.23. The van der Waals surface area contributed by atoms with Crippen LogP contribution >= 0.6 is 0 Å². The molecule has 0 aliphatic carbocycles. The van der Waals surface area contributed by atoms with Gasteiger partial charge in [-0.3, -0.25) is 14.6 Å². The Labute approximate surface area is 215 Å². The van der Waals surface area contributed by atoms with Crippen LogP contribution in [-0.4, -0.2) is 63.9 Å². The van der Waals surface area contributed by atoms with Crippen molar-refractivity contribution in [3.8, 4) is 0 Å². The van der Waals surface area contributed by atoms with E-state index >= 15 is 0 Å². The van der Waals surface area contributed by atoms with E-state index in [2.05, 4.69) is 52.8 Å². The van der Waals surface area contributed by atoms with E-state index in [0.717, 1.165) is 64.9 Å². The first-order valence-electron chi connectivity index (χ1n) is 12.6. The molecule has 1 N–H and O–H groups in total. The summed E-state index contributed by atoms with van der Waals surface area (Å²) in [6, 6.07) is 21.6. The molecule has 0 aromatic heterocycles. The van der Waals surface area contributed by atoms with Gasteiger partial charge in [0.1, 0.15) is 6.04 Å². The topological polar surface area (TPSA) is 64.1 Å². The first-order valence-corrected chi connectivity index (χ1v) is 13.7. The highest BCUT2D eigenvalue weighted by atomic mass is 32.2. The van der Waals surface area contributed by atoms with Gasteiger partial charge in [0.15, 0.2) is 0 Å². The third-order valence-electron chi connectivity index (χ3n) is 7.44. The molecule has 7 heteroatoms. The number of carboxylic acid groups (broad SMARTS) is 1. The second kappa shape index (κ2) is 10.5. The Hall–Kier alpha value is -3.00. The molecule has 0 radical (unpaired) electrons. The first-order chi connectivity index (χ1) is 17.4. The Balaban J connectivity index is 1.28. The summed E-state index contributed by atoms with van der Waals surface area (Å²) in [7, 11) is -1.19. The molecule has 0 saturated carbocycles. The molecule has 36 heavy (non-hydrogen) atoms. The molecule has 1 saturated heterocycles. The number of rotatable bonds is 7. The summed E-state index contributed by atoms with van der Waals surface area (Å²) in [6.45, 7) is 8.58. The second-order valence-electron chi connectivity index (χ2n) is 9.71. The number of hydrogen-bond acceptors (Lipinski definition) is 5. The summed E-state index contributed by atoms with van der Waals surface area (Å²) in [5, 5.41) is 9.93. The fourth-order valence-corrected chi connectivity index (χ4v) is 6.78. The number of nitrogens with zero attached hydrogens (tertiary/aromatic N) is 3. The maximum atomic E-state index is 13.3. The Morgan fingerprint density at radius 1 is 0.944 bits per heavy atom. The number of para-hydroxylation sites is 1. The van der Waals surface area contributed by atoms with Crippen LogP contribution in [0, 0.1) is 13.8 Å². The van der Waals surface area contributed by atoms with Gasteiger partial charge in [-0.1, -0.05) is 48.5 Å². The van der Waals surface area contributed by atoms with Gasteiger partial charge in [-0.15, -0.1) is 0 Å². The maximum Gasteiger partial charge on any atom is 0.322 e. The van der Waals surface area contributed by atoms with Crippen molar-refractivity contribution >= 4 is 28.1 Å². The lowest BCUT2D eigenvalue weighted by Gasteiger charge is -2.40. The molecule has 2 heterocycles. The van der Waals surface area contributed by atoms with Crippen molar-refractivity contribution in [2.75, 3.05) is 37.6 Å². The monoisotopic (exact) mass is 503 g/mol. The Morgan fingerprint density at radius 3 is 2.47 bits per heavy atom. The summed E-state index contributed by atoms with van der Waals surface area (Å²) in [5.74, 6) is -0.761. The molecule has 1 fully saturated rings. The predicted molar refractivity (Wildman–Crippen MR) is 143 cm³/mol. The van der Waals surface area contributed by atoms with E-state index in [0.29, 0.717) is 13.1 Å². The van der Waals surface area contributed by atoms with Gasteiger partial charge in [0.2, 0.25) is 0 Å². The molecular weight excluding hydrogens is 470 g/mol. The van der Waals surface area contributed by atoms with Crippen LogP contribution in [0.15, 0.2) is 76.5 Å². The van der Waals surface area contributed by atoms with Crippen molar-refractivity contribution < 1.29 is 14.1 Å². The van der Waals surface area contributed by atoms with Gasteiger partial charge in [-0.05, 0) is 61.7 Å². The summed E-state index contributed by atoms with van der Waals surface area (Å²) in [5.41, 5.74) is 5.56. The lowest BCUT2D eigenvalue weighted by molar-refractivity contribution is -0.146. The molecular formula is C29H33N3O3S. The molecule has 2 atom stereocenters. The summed E-state index contributed by atoms with van der Waals surface area (Å²) < 4.78 is 13.3. The van der Waals surface area contributed by atoms with Crippen LogP contribution in [0.5, 0.6) is 0 Å². The zero-order chi connectivity index (χ0) is 25.2. The molecule has 188 valence electrons. The van der Waals surface area contributed by atoms with Crippen molar-refractivity contribution in [3.63, 3.8) is 0 Å². The molecule has 0 amide bonds. The summed E-state index contributed by atoms with van der Waals surface area (Å²) >= 11 is 0. The molecule has 5 rings (SSSR count). The minimum absolute atomic E-state index is 0.511. The van der Waals surface area contributed by atoms with Gasteiger partial charge < -0.3 is 10.0 Å². The predicted octanol–water partition coefficient (Wildman–Crippen LogP) is 4.58. The number of hydrogen-bond donors (Lipinski definition) is 1. The Bertz CT molecular complexity index is 1280. The Morgan fingerprint density at radius 2 is 1.69 bits per heavy atom. The SMILES string of the molecule is Cc1ccc2c(c1C)N(CCCN1CCN(Cc3ccccc3)C(C(=O)O)C1)c1ccccc1S2=O. The van der Waals surface area contributed by atoms with Crippen molar-refractivity contribution in [1.82, 2.24) is 9.80 Å². The van der Waals surface area contributed by atoms with Crippen molar-refractivity contribution in [1.29, 1.82) is 0 Å². The summed E-state index contributed by atoms with van der Waals surface area (Å²) in [6.07, 6.45) is 0.888. The van der Waals surface area contributed by atoms with Gasteiger partial charge in [-0.25, -0.2) is 4.21 Å². The number of piperazine rings is 1. The highest BCUT2D eigenvalue weighted by Crippen LogP contribution is 2.44. The van der Waals surface area contributed by atoms with Gasteiger partial charge in [0, 0.05) is 32.7 Å². The van der Waals surface area contributed by atoms with Crippen LogP contribution in [0.25, 0.3) is 0 Å². The van der Waals surface area contributed by atoms with Crippen LogP contribution in [-0.2, 0) is 22.1 Å². The average Bonchev–Trinajstić information content (AvgIpc) is 2.89. The number of fused-ring (bicyclic) bond motifs is 2. The van der Waals surface area contributed by atoms with Crippen molar-refractivity contribution in [2.45, 2.75) is 42.6 Å². The van der Waals surface area contributed by atoms with E-state index in [9.17, 15) is 14.1 Å². The lowest BCUT2D eigenvalue weighted by atomic mass is 10.1. The van der Waals surface area contributed by atoms with Crippen LogP contribution < -0.4 is 4.90 Å². The van der Waals surface area contributed by atoms with Crippen LogP contribution in [0.4, 0.5) is 11.4 Å². The zero-order valence-electron chi connectivity index (χ0n) is 20.9. The highest BCUT2D eigenvalue weighted by Gasteiger charge is 2.33. The highest BCUT2D eigenvalue weighted by molar-refractivity contribution is 7.85. The minimum atomic E-state index is -1.19. The molecule has 6 nitrogen and oxygen atoms in total. The first kappa shape index (κ1) is 24.7. The molecule has 2 aliphatic heterocycles. The number of aliphatic carboxylic acids is 1. The van der Waals surface area contributed by atoms with E-state index in [1.54, 1.807) is 0 Å². The molecule has 0 bridgehead atoms. The molecule has 0 spiro atoms. The normalized spacial score (nSPS) is 20.1. The fraction of sp³-hybridized carbons (Fsp3) is 0.345. The largest absolute Gasteiger partial charge is 0.480 e. The lowest BCUT2D eigenvalue weighted by Crippen LogP contribution is -2.56. The van der Waals surface area contributed by atoms with Gasteiger partial charge in [0.25, 0.3) is 0 Å². The fourth-order valence-electron chi connectivity index (χ4n) is 5.34. The van der Waals surface area contributed by atoms with E-state index in [1.165, 1.54) is 5.56 Å². The van der Waals surface area contributed by atoms with Gasteiger partial charge in [0.05, 0.1) is 32.0 Å². The van der Waals surface area contributed by atoms with E-state index < -0.39 is 22.8 Å². The van der Waals surface area contributed by atoms with Gasteiger partial charge >= 0.3 is 5.97 Å². The number of benzene rings is 3. The maximum absolute atomic E-state index is 13.3. The third-order valence-corrected chi connectivity index (χ3v) is 8.91.